The summed E-state index contributed by atoms with van der Waals surface area (Å²) in [5.74, 6) is 0. The highest BCUT2D eigenvalue weighted by molar-refractivity contribution is 8.01. The highest BCUT2D eigenvalue weighted by Gasteiger charge is 2.17. The number of thiophene rings is 1. The summed E-state index contributed by atoms with van der Waals surface area (Å²) in [5.41, 5.74) is 2.26. The maximum Gasteiger partial charge on any atom is 0.124 e. The van der Waals surface area contributed by atoms with Crippen molar-refractivity contribution in [3.05, 3.63) is 75.9 Å². The molecule has 0 fully saturated rings. The molecule has 0 aliphatic carbocycles. The van der Waals surface area contributed by atoms with Gasteiger partial charge in [0.1, 0.15) is 4.83 Å². The molecule has 4 rings (SSSR count). The number of hydrogen-bond donors (Lipinski definition) is 0. The average Bonchev–Trinajstić information content (AvgIpc) is 2.96. The first-order valence-corrected chi connectivity index (χ1v) is 10.1. The number of aromatic nitrogens is 1. The van der Waals surface area contributed by atoms with E-state index in [4.69, 9.17) is 34.8 Å². The fraction of sp³-hybridized carbons (Fsp3) is 0. The number of benzene rings is 2. The second kappa shape index (κ2) is 7.18. The third-order valence-electron chi connectivity index (χ3n) is 3.66. The Morgan fingerprint density at radius 2 is 1.64 bits per heavy atom. The molecule has 1 nitrogen and oxygen atoms in total. The second-order valence-corrected chi connectivity index (χ2v) is 8.89. The fourth-order valence-corrected chi connectivity index (χ4v) is 5.58. The van der Waals surface area contributed by atoms with E-state index in [1.54, 1.807) is 29.2 Å². The van der Waals surface area contributed by atoms with Crippen LogP contribution in [0.1, 0.15) is 0 Å². The fourth-order valence-electron chi connectivity index (χ4n) is 2.53. The summed E-state index contributed by atoms with van der Waals surface area (Å²) in [6, 6.07) is 17.5. The van der Waals surface area contributed by atoms with Gasteiger partial charge >= 0.3 is 0 Å². The molecule has 0 saturated heterocycles. The predicted octanol–water partition coefficient (Wildman–Crippen LogP) is 8.07. The van der Waals surface area contributed by atoms with Crippen LogP contribution in [0.5, 0.6) is 0 Å². The highest BCUT2D eigenvalue weighted by Crippen LogP contribution is 2.47. The molecule has 124 valence electrons. The molecule has 0 saturated carbocycles. The summed E-state index contributed by atoms with van der Waals surface area (Å²) < 4.78 is 1.14. The van der Waals surface area contributed by atoms with Gasteiger partial charge in [0.2, 0.25) is 0 Å². The molecule has 0 radical (unpaired) electrons. The normalized spacial score (nSPS) is 11.2. The van der Waals surface area contributed by atoms with Gasteiger partial charge in [0, 0.05) is 32.1 Å². The zero-order chi connectivity index (χ0) is 17.4. The van der Waals surface area contributed by atoms with Crippen LogP contribution in [-0.4, -0.2) is 4.98 Å². The van der Waals surface area contributed by atoms with E-state index in [-0.39, 0.29) is 0 Å². The van der Waals surface area contributed by atoms with Crippen molar-refractivity contribution < 1.29 is 0 Å². The SMILES string of the molecule is Clc1ccc(-c2c(Sc3ccc(Cl)cc3Cl)sc3ncccc23)cc1. The summed E-state index contributed by atoms with van der Waals surface area (Å²) in [7, 11) is 0. The number of fused-ring (bicyclic) bond motifs is 1. The summed E-state index contributed by atoms with van der Waals surface area (Å²) in [6.45, 7) is 0. The first kappa shape index (κ1) is 17.2. The first-order valence-electron chi connectivity index (χ1n) is 7.38. The second-order valence-electron chi connectivity index (χ2n) is 5.30. The van der Waals surface area contributed by atoms with Gasteiger partial charge in [-0.1, -0.05) is 58.7 Å². The molecule has 0 atom stereocenters. The van der Waals surface area contributed by atoms with Gasteiger partial charge in [-0.15, -0.1) is 11.3 Å². The van der Waals surface area contributed by atoms with Crippen molar-refractivity contribution in [1.82, 2.24) is 4.98 Å². The number of rotatable bonds is 3. The smallest absolute Gasteiger partial charge is 0.124 e. The molecule has 6 heteroatoms. The van der Waals surface area contributed by atoms with Gasteiger partial charge in [0.25, 0.3) is 0 Å². The van der Waals surface area contributed by atoms with Crippen LogP contribution in [0.15, 0.2) is 69.9 Å². The Bertz CT molecular complexity index is 1060. The minimum atomic E-state index is 0.630. The van der Waals surface area contributed by atoms with E-state index in [1.165, 1.54) is 0 Å². The lowest BCUT2D eigenvalue weighted by atomic mass is 10.1. The topological polar surface area (TPSA) is 12.9 Å². The first-order chi connectivity index (χ1) is 12.1. The van der Waals surface area contributed by atoms with E-state index in [0.29, 0.717) is 10.0 Å². The van der Waals surface area contributed by atoms with Crippen LogP contribution in [0.3, 0.4) is 0 Å². The monoisotopic (exact) mass is 421 g/mol. The van der Waals surface area contributed by atoms with Crippen LogP contribution in [0.25, 0.3) is 21.3 Å². The standard InChI is InChI=1S/C19H10Cl3NS2/c20-12-5-3-11(4-6-12)17-14-2-1-9-23-18(14)25-19(17)24-16-8-7-13(21)10-15(16)22/h1-10H. The Hall–Kier alpha value is -1.23. The van der Waals surface area contributed by atoms with Crippen LogP contribution in [0.4, 0.5) is 0 Å². The number of halogens is 3. The lowest BCUT2D eigenvalue weighted by Crippen LogP contribution is -1.80. The largest absolute Gasteiger partial charge is 0.245 e. The summed E-state index contributed by atoms with van der Waals surface area (Å²) >= 11 is 21.7. The molecule has 0 amide bonds. The molecule has 0 aliphatic rings. The number of pyridine rings is 1. The van der Waals surface area contributed by atoms with Crippen molar-refractivity contribution >= 4 is 68.1 Å². The van der Waals surface area contributed by atoms with Gasteiger partial charge < -0.3 is 0 Å². The Morgan fingerprint density at radius 1 is 0.880 bits per heavy atom. The average molecular weight is 423 g/mol. The van der Waals surface area contributed by atoms with Crippen molar-refractivity contribution in [1.29, 1.82) is 0 Å². The molecule has 2 aromatic carbocycles. The molecule has 0 aliphatic heterocycles. The van der Waals surface area contributed by atoms with Gasteiger partial charge in [-0.05, 0) is 48.0 Å². The molecule has 0 unspecified atom stereocenters. The van der Waals surface area contributed by atoms with Gasteiger partial charge in [-0.25, -0.2) is 4.98 Å². The Morgan fingerprint density at radius 3 is 2.40 bits per heavy atom. The van der Waals surface area contributed by atoms with E-state index >= 15 is 0 Å². The van der Waals surface area contributed by atoms with E-state index < -0.39 is 0 Å². The molecule has 2 aromatic heterocycles. The lowest BCUT2D eigenvalue weighted by Gasteiger charge is -2.07. The van der Waals surface area contributed by atoms with Gasteiger partial charge in [0.15, 0.2) is 0 Å². The van der Waals surface area contributed by atoms with Crippen LogP contribution in [0, 0.1) is 0 Å². The minimum absolute atomic E-state index is 0.630. The summed E-state index contributed by atoms with van der Waals surface area (Å²) in [6.07, 6.45) is 1.81. The van der Waals surface area contributed by atoms with Crippen molar-refractivity contribution in [2.24, 2.45) is 0 Å². The Balaban J connectivity index is 1.88. The predicted molar refractivity (Wildman–Crippen MR) is 111 cm³/mol. The van der Waals surface area contributed by atoms with Crippen LogP contribution >= 0.6 is 57.9 Å². The molecule has 0 N–H and O–H groups in total. The zero-order valence-electron chi connectivity index (χ0n) is 12.7. The number of nitrogens with zero attached hydrogens (tertiary/aromatic N) is 1. The van der Waals surface area contributed by atoms with Crippen molar-refractivity contribution in [2.75, 3.05) is 0 Å². The maximum atomic E-state index is 6.36. The van der Waals surface area contributed by atoms with E-state index in [1.807, 2.05) is 48.7 Å². The molecular weight excluding hydrogens is 413 g/mol. The minimum Gasteiger partial charge on any atom is -0.245 e. The maximum absolute atomic E-state index is 6.36. The van der Waals surface area contributed by atoms with Crippen molar-refractivity contribution in [3.63, 3.8) is 0 Å². The summed E-state index contributed by atoms with van der Waals surface area (Å²) in [4.78, 5) is 6.47. The molecule has 25 heavy (non-hydrogen) atoms. The Kier molecular flexibility index (Phi) is 4.94. The molecule has 0 spiro atoms. The van der Waals surface area contributed by atoms with E-state index in [9.17, 15) is 0 Å². The van der Waals surface area contributed by atoms with Crippen molar-refractivity contribution in [3.8, 4) is 11.1 Å². The molecular formula is C19H10Cl3NS2. The highest BCUT2D eigenvalue weighted by atomic mass is 35.5. The van der Waals surface area contributed by atoms with Gasteiger partial charge in [0.05, 0.1) is 9.23 Å². The van der Waals surface area contributed by atoms with Crippen LogP contribution in [0.2, 0.25) is 15.1 Å². The third kappa shape index (κ3) is 3.53. The van der Waals surface area contributed by atoms with Gasteiger partial charge in [-0.3, -0.25) is 0 Å². The van der Waals surface area contributed by atoms with Crippen LogP contribution < -0.4 is 0 Å². The number of hydrogen-bond acceptors (Lipinski definition) is 3. The Labute approximate surface area is 168 Å². The quantitative estimate of drug-likeness (QED) is 0.331. The van der Waals surface area contributed by atoms with Gasteiger partial charge in [-0.2, -0.15) is 0 Å². The zero-order valence-corrected chi connectivity index (χ0v) is 16.6. The van der Waals surface area contributed by atoms with E-state index in [0.717, 1.165) is 35.5 Å². The van der Waals surface area contributed by atoms with Crippen molar-refractivity contribution in [2.45, 2.75) is 9.10 Å². The molecule has 2 heterocycles. The van der Waals surface area contributed by atoms with E-state index in [2.05, 4.69) is 11.1 Å². The lowest BCUT2D eigenvalue weighted by molar-refractivity contribution is 1.44. The third-order valence-corrected chi connectivity index (χ3v) is 6.95. The van der Waals surface area contributed by atoms with Crippen LogP contribution in [-0.2, 0) is 0 Å². The molecule has 4 aromatic rings. The molecule has 0 bridgehead atoms. The summed E-state index contributed by atoms with van der Waals surface area (Å²) in [5, 5.41) is 3.12.